The number of hydrogen-bond acceptors (Lipinski definition) is 2. The fourth-order valence-electron chi connectivity index (χ4n) is 1.20. The van der Waals surface area contributed by atoms with Gasteiger partial charge in [0.25, 0.3) is 0 Å². The molecule has 1 aromatic rings. The SMILES string of the molecule is N#Cc1cccc(CNC(=O)CC(F)(F)F)c1. The zero-order chi connectivity index (χ0) is 12.9. The molecule has 0 spiro atoms. The molecule has 1 N–H and O–H groups in total. The molecular formula is C11H9F3N2O. The number of hydrogen-bond donors (Lipinski definition) is 1. The third kappa shape index (κ3) is 5.02. The van der Waals surface area contributed by atoms with Crippen molar-refractivity contribution in [2.45, 2.75) is 19.1 Å². The van der Waals surface area contributed by atoms with E-state index in [-0.39, 0.29) is 6.54 Å². The van der Waals surface area contributed by atoms with Crippen LogP contribution in [0.1, 0.15) is 17.5 Å². The van der Waals surface area contributed by atoms with E-state index >= 15 is 0 Å². The number of halogens is 3. The molecule has 1 amide bonds. The first-order chi connectivity index (χ1) is 7.90. The summed E-state index contributed by atoms with van der Waals surface area (Å²) < 4.78 is 35.5. The van der Waals surface area contributed by atoms with Crippen molar-refractivity contribution in [3.8, 4) is 6.07 Å². The highest BCUT2D eigenvalue weighted by Crippen LogP contribution is 2.18. The third-order valence-corrected chi connectivity index (χ3v) is 1.91. The maximum atomic E-state index is 11.8. The van der Waals surface area contributed by atoms with E-state index in [2.05, 4.69) is 5.32 Å². The van der Waals surface area contributed by atoms with E-state index in [0.717, 1.165) is 0 Å². The van der Waals surface area contributed by atoms with Crippen LogP contribution in [-0.2, 0) is 11.3 Å². The Balaban J connectivity index is 2.51. The predicted molar refractivity (Wildman–Crippen MR) is 53.7 cm³/mol. The monoisotopic (exact) mass is 242 g/mol. The first-order valence-corrected chi connectivity index (χ1v) is 4.73. The lowest BCUT2D eigenvalue weighted by Crippen LogP contribution is -2.28. The van der Waals surface area contributed by atoms with Crippen molar-refractivity contribution in [3.63, 3.8) is 0 Å². The lowest BCUT2D eigenvalue weighted by molar-refractivity contribution is -0.153. The third-order valence-electron chi connectivity index (χ3n) is 1.91. The molecule has 0 atom stereocenters. The van der Waals surface area contributed by atoms with Crippen LogP contribution in [0.2, 0.25) is 0 Å². The van der Waals surface area contributed by atoms with Crippen LogP contribution in [0.5, 0.6) is 0 Å². The summed E-state index contributed by atoms with van der Waals surface area (Å²) in [5.74, 6) is -1.08. The first kappa shape index (κ1) is 13.0. The lowest BCUT2D eigenvalue weighted by atomic mass is 10.1. The molecular weight excluding hydrogens is 233 g/mol. The van der Waals surface area contributed by atoms with Gasteiger partial charge in [0.1, 0.15) is 6.42 Å². The molecule has 0 aliphatic rings. The first-order valence-electron chi connectivity index (χ1n) is 4.73. The number of nitrogens with one attached hydrogen (secondary N) is 1. The number of benzene rings is 1. The lowest BCUT2D eigenvalue weighted by Gasteiger charge is -2.07. The second-order valence-electron chi connectivity index (χ2n) is 3.38. The van der Waals surface area contributed by atoms with E-state index in [9.17, 15) is 18.0 Å². The number of carbonyl (C=O) groups is 1. The van der Waals surface area contributed by atoms with Crippen molar-refractivity contribution in [1.29, 1.82) is 5.26 Å². The van der Waals surface area contributed by atoms with Gasteiger partial charge in [0.05, 0.1) is 11.6 Å². The van der Waals surface area contributed by atoms with Crippen LogP contribution < -0.4 is 5.32 Å². The van der Waals surface area contributed by atoms with Crippen LogP contribution in [0.25, 0.3) is 0 Å². The maximum absolute atomic E-state index is 11.8. The Kier molecular flexibility index (Phi) is 4.10. The summed E-state index contributed by atoms with van der Waals surface area (Å²) in [7, 11) is 0. The Morgan fingerprint density at radius 3 is 2.71 bits per heavy atom. The molecule has 0 aliphatic carbocycles. The summed E-state index contributed by atoms with van der Waals surface area (Å²) >= 11 is 0. The van der Waals surface area contributed by atoms with Crippen molar-refractivity contribution < 1.29 is 18.0 Å². The van der Waals surface area contributed by atoms with E-state index in [1.54, 1.807) is 18.2 Å². The predicted octanol–water partition coefficient (Wildman–Crippen LogP) is 2.13. The van der Waals surface area contributed by atoms with Gasteiger partial charge in [-0.3, -0.25) is 4.79 Å². The molecule has 6 heteroatoms. The standard InChI is InChI=1S/C11H9F3N2O/c12-11(13,14)5-10(17)16-7-9-3-1-2-8(4-9)6-15/h1-4H,5,7H2,(H,16,17). The van der Waals surface area contributed by atoms with E-state index in [4.69, 9.17) is 5.26 Å². The highest BCUT2D eigenvalue weighted by molar-refractivity contribution is 5.76. The number of nitriles is 1. The molecule has 1 rings (SSSR count). The summed E-state index contributed by atoms with van der Waals surface area (Å²) in [5.41, 5.74) is 0.979. The van der Waals surface area contributed by atoms with Gasteiger partial charge in [0.2, 0.25) is 5.91 Å². The maximum Gasteiger partial charge on any atom is 0.397 e. The molecule has 0 saturated carbocycles. The van der Waals surface area contributed by atoms with Crippen LogP contribution in [-0.4, -0.2) is 12.1 Å². The Labute approximate surface area is 95.9 Å². The fourth-order valence-corrected chi connectivity index (χ4v) is 1.20. The van der Waals surface area contributed by atoms with Crippen LogP contribution in [0, 0.1) is 11.3 Å². The van der Waals surface area contributed by atoms with Crippen LogP contribution in [0.15, 0.2) is 24.3 Å². The summed E-state index contributed by atoms with van der Waals surface area (Å²) in [6, 6.07) is 8.20. The van der Waals surface area contributed by atoms with Gasteiger partial charge in [-0.05, 0) is 17.7 Å². The van der Waals surface area contributed by atoms with Crippen LogP contribution >= 0.6 is 0 Å². The summed E-state index contributed by atoms with van der Waals surface area (Å²) in [4.78, 5) is 10.9. The van der Waals surface area contributed by atoms with Gasteiger partial charge in [0.15, 0.2) is 0 Å². The minimum atomic E-state index is -4.50. The smallest absolute Gasteiger partial charge is 0.352 e. The molecule has 0 heterocycles. The van der Waals surface area contributed by atoms with E-state index in [0.29, 0.717) is 11.1 Å². The molecule has 1 aromatic carbocycles. The molecule has 3 nitrogen and oxygen atoms in total. The molecule has 0 saturated heterocycles. The summed E-state index contributed by atoms with van der Waals surface area (Å²) in [5, 5.41) is 10.7. The van der Waals surface area contributed by atoms with Gasteiger partial charge in [-0.2, -0.15) is 18.4 Å². The van der Waals surface area contributed by atoms with Crippen molar-refractivity contribution >= 4 is 5.91 Å². The molecule has 0 aromatic heterocycles. The fraction of sp³-hybridized carbons (Fsp3) is 0.273. The number of amides is 1. The van der Waals surface area contributed by atoms with Crippen LogP contribution in [0.3, 0.4) is 0 Å². The molecule has 0 bridgehead atoms. The van der Waals surface area contributed by atoms with Gasteiger partial charge in [-0.15, -0.1) is 0 Å². The van der Waals surface area contributed by atoms with Crippen molar-refractivity contribution in [2.24, 2.45) is 0 Å². The van der Waals surface area contributed by atoms with Crippen molar-refractivity contribution in [2.75, 3.05) is 0 Å². The molecule has 17 heavy (non-hydrogen) atoms. The second-order valence-corrected chi connectivity index (χ2v) is 3.38. The number of alkyl halides is 3. The highest BCUT2D eigenvalue weighted by atomic mass is 19.4. The Bertz CT molecular complexity index is 449. The highest BCUT2D eigenvalue weighted by Gasteiger charge is 2.30. The quantitative estimate of drug-likeness (QED) is 0.882. The number of nitrogens with zero attached hydrogens (tertiary/aromatic N) is 1. The zero-order valence-electron chi connectivity index (χ0n) is 8.71. The Morgan fingerprint density at radius 2 is 2.12 bits per heavy atom. The summed E-state index contributed by atoms with van der Waals surface area (Å²) in [6.07, 6.45) is -6.00. The molecule has 0 radical (unpaired) electrons. The Hall–Kier alpha value is -2.03. The van der Waals surface area contributed by atoms with Crippen LogP contribution in [0.4, 0.5) is 13.2 Å². The van der Waals surface area contributed by atoms with E-state index in [1.807, 2.05) is 6.07 Å². The normalized spacial score (nSPS) is 10.7. The molecule has 0 aliphatic heterocycles. The second kappa shape index (κ2) is 5.34. The number of carbonyl (C=O) groups excluding carboxylic acids is 1. The zero-order valence-corrected chi connectivity index (χ0v) is 8.71. The van der Waals surface area contributed by atoms with Gasteiger partial charge >= 0.3 is 6.18 Å². The van der Waals surface area contributed by atoms with Gasteiger partial charge in [-0.1, -0.05) is 12.1 Å². The van der Waals surface area contributed by atoms with E-state index in [1.165, 1.54) is 6.07 Å². The minimum Gasteiger partial charge on any atom is -0.352 e. The van der Waals surface area contributed by atoms with Crippen molar-refractivity contribution in [1.82, 2.24) is 5.32 Å². The molecule has 0 unspecified atom stereocenters. The summed E-state index contributed by atoms with van der Waals surface area (Å²) in [6.45, 7) is -0.0234. The minimum absolute atomic E-state index is 0.0234. The topological polar surface area (TPSA) is 52.9 Å². The number of rotatable bonds is 3. The largest absolute Gasteiger partial charge is 0.397 e. The Morgan fingerprint density at radius 1 is 1.41 bits per heavy atom. The molecule has 0 fully saturated rings. The van der Waals surface area contributed by atoms with E-state index < -0.39 is 18.5 Å². The van der Waals surface area contributed by atoms with Gasteiger partial charge in [-0.25, -0.2) is 0 Å². The van der Waals surface area contributed by atoms with Crippen molar-refractivity contribution in [3.05, 3.63) is 35.4 Å². The van der Waals surface area contributed by atoms with Gasteiger partial charge in [0, 0.05) is 6.54 Å². The average molecular weight is 242 g/mol. The molecule has 90 valence electrons. The average Bonchev–Trinajstić information content (AvgIpc) is 2.24. The van der Waals surface area contributed by atoms with Gasteiger partial charge < -0.3 is 5.32 Å².